The second kappa shape index (κ2) is 9.49. The van der Waals surface area contributed by atoms with Crippen molar-refractivity contribution >= 4 is 34.9 Å². The minimum atomic E-state index is -0.506. The van der Waals surface area contributed by atoms with Crippen LogP contribution in [-0.2, 0) is 16.1 Å². The maximum atomic E-state index is 12.7. The number of carbonyl (C=O) groups excluding carboxylic acids is 3. The third-order valence-electron chi connectivity index (χ3n) is 4.51. The summed E-state index contributed by atoms with van der Waals surface area (Å²) in [5.74, 6) is 0.217. The van der Waals surface area contributed by atoms with Gasteiger partial charge in [-0.15, -0.1) is 0 Å². The minimum Gasteiger partial charge on any atom is -0.497 e. The van der Waals surface area contributed by atoms with Crippen molar-refractivity contribution in [3.8, 4) is 11.5 Å². The zero-order valence-corrected chi connectivity index (χ0v) is 17.7. The number of benzene rings is 2. The molecule has 2 aromatic carbocycles. The molecular weight excluding hydrogens is 404 g/mol. The maximum Gasteiger partial charge on any atom is 0.294 e. The number of carbonyl (C=O) groups is 3. The number of hydrogen-bond donors (Lipinski definition) is 1. The molecule has 0 atom stereocenters. The number of nitrogens with one attached hydrogen (secondary N) is 1. The highest BCUT2D eigenvalue weighted by Gasteiger charge is 2.36. The summed E-state index contributed by atoms with van der Waals surface area (Å²) in [6.45, 7) is 1.99. The molecule has 30 heavy (non-hydrogen) atoms. The third-order valence-corrected chi connectivity index (χ3v) is 5.42. The quantitative estimate of drug-likeness (QED) is 0.684. The Bertz CT molecular complexity index is 1000. The molecule has 1 fully saturated rings. The zero-order chi connectivity index (χ0) is 21.7. The van der Waals surface area contributed by atoms with Gasteiger partial charge in [-0.25, -0.2) is 0 Å². The molecule has 3 amide bonds. The summed E-state index contributed by atoms with van der Waals surface area (Å²) in [6.07, 6.45) is 1.58. The molecule has 1 N–H and O–H groups in total. The normalized spacial score (nSPS) is 14.9. The molecule has 0 spiro atoms. The van der Waals surface area contributed by atoms with E-state index in [9.17, 15) is 14.4 Å². The molecule has 1 heterocycles. The molecule has 8 heteroatoms. The van der Waals surface area contributed by atoms with Crippen LogP contribution >= 0.6 is 11.8 Å². The smallest absolute Gasteiger partial charge is 0.294 e. The molecular formula is C22H22N2O5S. The van der Waals surface area contributed by atoms with Crippen molar-refractivity contribution in [2.24, 2.45) is 0 Å². The number of nitrogens with zero attached hydrogens (tertiary/aromatic N) is 1. The van der Waals surface area contributed by atoms with E-state index >= 15 is 0 Å². The number of thioether (sulfide) groups is 1. The average Bonchev–Trinajstić information content (AvgIpc) is 3.01. The van der Waals surface area contributed by atoms with Gasteiger partial charge in [0.25, 0.3) is 11.1 Å². The van der Waals surface area contributed by atoms with Gasteiger partial charge in [0.1, 0.15) is 18.0 Å². The Morgan fingerprint density at radius 1 is 1.10 bits per heavy atom. The molecule has 0 radical (unpaired) electrons. The molecule has 1 aliphatic rings. The van der Waals surface area contributed by atoms with Crippen molar-refractivity contribution in [1.82, 2.24) is 10.2 Å². The highest BCUT2D eigenvalue weighted by Crippen LogP contribution is 2.34. The molecule has 0 unspecified atom stereocenters. The summed E-state index contributed by atoms with van der Waals surface area (Å²) in [5.41, 5.74) is 2.70. The Hall–Kier alpha value is -3.26. The highest BCUT2D eigenvalue weighted by atomic mass is 32.2. The van der Waals surface area contributed by atoms with Crippen LogP contribution in [0.4, 0.5) is 4.79 Å². The fraction of sp³-hybridized carbons (Fsp3) is 0.227. The molecule has 0 bridgehead atoms. The summed E-state index contributed by atoms with van der Waals surface area (Å²) in [4.78, 5) is 38.4. The van der Waals surface area contributed by atoms with Gasteiger partial charge in [0, 0.05) is 18.2 Å². The first-order valence-corrected chi connectivity index (χ1v) is 10.0. The monoisotopic (exact) mass is 426 g/mol. The van der Waals surface area contributed by atoms with E-state index in [1.54, 1.807) is 31.4 Å². The summed E-state index contributed by atoms with van der Waals surface area (Å²) >= 11 is 0.796. The van der Waals surface area contributed by atoms with E-state index in [4.69, 9.17) is 9.47 Å². The van der Waals surface area contributed by atoms with Gasteiger partial charge >= 0.3 is 0 Å². The summed E-state index contributed by atoms with van der Waals surface area (Å²) in [5, 5.41) is 2.25. The Labute approximate surface area is 179 Å². The van der Waals surface area contributed by atoms with Crippen molar-refractivity contribution in [2.75, 3.05) is 20.8 Å². The summed E-state index contributed by atoms with van der Waals surface area (Å²) in [7, 11) is 3.06. The predicted molar refractivity (Wildman–Crippen MR) is 115 cm³/mol. The van der Waals surface area contributed by atoms with Gasteiger partial charge in [0.05, 0.1) is 19.1 Å². The molecule has 156 valence electrons. The fourth-order valence-corrected chi connectivity index (χ4v) is 3.65. The summed E-state index contributed by atoms with van der Waals surface area (Å²) in [6, 6.07) is 12.9. The van der Waals surface area contributed by atoms with E-state index in [0.29, 0.717) is 23.6 Å². The highest BCUT2D eigenvalue weighted by molar-refractivity contribution is 8.18. The van der Waals surface area contributed by atoms with Crippen LogP contribution in [0.15, 0.2) is 47.4 Å². The molecule has 3 rings (SSSR count). The number of rotatable bonds is 7. The first-order chi connectivity index (χ1) is 14.4. The van der Waals surface area contributed by atoms with Crippen LogP contribution in [0.2, 0.25) is 0 Å². The molecule has 2 aromatic rings. The van der Waals surface area contributed by atoms with Gasteiger partial charge < -0.3 is 14.8 Å². The molecule has 1 aliphatic heterocycles. The number of ether oxygens (including phenoxy) is 2. The van der Waals surface area contributed by atoms with E-state index in [2.05, 4.69) is 5.32 Å². The first-order valence-electron chi connectivity index (χ1n) is 9.21. The molecule has 7 nitrogen and oxygen atoms in total. The topological polar surface area (TPSA) is 84.9 Å². The number of amides is 3. The van der Waals surface area contributed by atoms with E-state index in [-0.39, 0.29) is 11.4 Å². The standard InChI is InChI=1S/C22H22N2O5S/c1-14-4-6-15(7-5-14)12-23-20(25)13-24-21(26)19(30-22(24)27)10-16-8-9-17(28-2)11-18(16)29-3/h4-11H,12-13H2,1-3H3,(H,23,25)/b19-10-. The lowest BCUT2D eigenvalue weighted by molar-refractivity contribution is -0.129. The van der Waals surface area contributed by atoms with Crippen molar-refractivity contribution in [1.29, 1.82) is 0 Å². The molecule has 0 aliphatic carbocycles. The lowest BCUT2D eigenvalue weighted by Crippen LogP contribution is -2.39. The zero-order valence-electron chi connectivity index (χ0n) is 16.9. The van der Waals surface area contributed by atoms with Crippen LogP contribution in [0.5, 0.6) is 11.5 Å². The van der Waals surface area contributed by atoms with Crippen LogP contribution in [0, 0.1) is 6.92 Å². The van der Waals surface area contributed by atoms with Gasteiger partial charge in [0.2, 0.25) is 5.91 Å². The van der Waals surface area contributed by atoms with E-state index < -0.39 is 17.1 Å². The van der Waals surface area contributed by atoms with Crippen molar-refractivity contribution in [2.45, 2.75) is 13.5 Å². The van der Waals surface area contributed by atoms with Crippen LogP contribution in [0.3, 0.4) is 0 Å². The fourth-order valence-electron chi connectivity index (χ4n) is 2.82. The van der Waals surface area contributed by atoms with Crippen molar-refractivity contribution in [3.05, 3.63) is 64.1 Å². The van der Waals surface area contributed by atoms with E-state index in [0.717, 1.165) is 27.8 Å². The molecule has 0 aromatic heterocycles. The SMILES string of the molecule is COc1ccc(/C=C2\SC(=O)N(CC(=O)NCc3ccc(C)cc3)C2=O)c(OC)c1. The Morgan fingerprint density at radius 2 is 1.83 bits per heavy atom. The van der Waals surface area contributed by atoms with Gasteiger partial charge in [-0.1, -0.05) is 29.8 Å². The minimum absolute atomic E-state index is 0.231. The molecule has 1 saturated heterocycles. The molecule has 0 saturated carbocycles. The van der Waals surface area contributed by atoms with Gasteiger partial charge in [0.15, 0.2) is 0 Å². The average molecular weight is 426 g/mol. The Balaban J connectivity index is 1.66. The van der Waals surface area contributed by atoms with Crippen LogP contribution in [0.1, 0.15) is 16.7 Å². The number of aryl methyl sites for hydroxylation is 1. The van der Waals surface area contributed by atoms with Gasteiger partial charge in [-0.05, 0) is 42.5 Å². The lowest BCUT2D eigenvalue weighted by atomic mass is 10.1. The van der Waals surface area contributed by atoms with Crippen molar-refractivity contribution in [3.63, 3.8) is 0 Å². The largest absolute Gasteiger partial charge is 0.497 e. The summed E-state index contributed by atoms with van der Waals surface area (Å²) < 4.78 is 10.5. The maximum absolute atomic E-state index is 12.7. The lowest BCUT2D eigenvalue weighted by Gasteiger charge is -2.12. The van der Waals surface area contributed by atoms with E-state index in [1.165, 1.54) is 7.11 Å². The number of hydrogen-bond acceptors (Lipinski definition) is 6. The number of imide groups is 1. The number of methoxy groups -OCH3 is 2. The second-order valence-electron chi connectivity index (χ2n) is 6.64. The van der Waals surface area contributed by atoms with Gasteiger partial charge in [-0.3, -0.25) is 19.3 Å². The Morgan fingerprint density at radius 3 is 2.50 bits per heavy atom. The van der Waals surface area contributed by atoms with Gasteiger partial charge in [-0.2, -0.15) is 0 Å². The van der Waals surface area contributed by atoms with Crippen LogP contribution in [-0.4, -0.2) is 42.7 Å². The van der Waals surface area contributed by atoms with Crippen LogP contribution < -0.4 is 14.8 Å². The predicted octanol–water partition coefficient (Wildman–Crippen LogP) is 3.36. The Kier molecular flexibility index (Phi) is 6.79. The van der Waals surface area contributed by atoms with Crippen LogP contribution in [0.25, 0.3) is 6.08 Å². The second-order valence-corrected chi connectivity index (χ2v) is 7.63. The van der Waals surface area contributed by atoms with E-state index in [1.807, 2.05) is 31.2 Å². The first kappa shape index (κ1) is 21.4. The third kappa shape index (κ3) is 5.01. The van der Waals surface area contributed by atoms with Crippen molar-refractivity contribution < 1.29 is 23.9 Å².